The van der Waals surface area contributed by atoms with Gasteiger partial charge in [0.05, 0.1) is 12.2 Å². The minimum Gasteiger partial charge on any atom is -0.332 e. The average molecular weight is 241 g/mol. The highest BCUT2D eigenvalue weighted by Gasteiger charge is 2.14. The fraction of sp³-hybridized carbons (Fsp3) is 0.400. The first-order chi connectivity index (χ1) is 8.65. The lowest BCUT2D eigenvalue weighted by molar-refractivity contribution is 0.505. The van der Waals surface area contributed by atoms with E-state index in [1.54, 1.807) is 0 Å². The van der Waals surface area contributed by atoms with Gasteiger partial charge in [-0.2, -0.15) is 0 Å². The molecule has 3 heteroatoms. The molecule has 1 aromatic carbocycles. The van der Waals surface area contributed by atoms with Crippen LogP contribution in [0.15, 0.2) is 18.3 Å². The van der Waals surface area contributed by atoms with E-state index < -0.39 is 0 Å². The van der Waals surface area contributed by atoms with Gasteiger partial charge in [-0.25, -0.2) is 4.98 Å². The third-order valence-corrected chi connectivity index (χ3v) is 3.79. The standard InChI is InChI=1S/C15H19N3/c1-10-6-12(3)13(7-11(10)2)14-9-18-5-4-16-8-15(18)17-14/h6-7,9,16H,4-5,8H2,1-3H3. The first-order valence-corrected chi connectivity index (χ1v) is 6.50. The predicted octanol–water partition coefficient (Wildman–Crippen LogP) is 2.58. The van der Waals surface area contributed by atoms with E-state index in [1.165, 1.54) is 22.3 Å². The van der Waals surface area contributed by atoms with Gasteiger partial charge in [-0.05, 0) is 43.5 Å². The second-order valence-corrected chi connectivity index (χ2v) is 5.16. The molecule has 1 aromatic heterocycles. The zero-order valence-corrected chi connectivity index (χ0v) is 11.2. The van der Waals surface area contributed by atoms with Crippen molar-refractivity contribution in [2.75, 3.05) is 6.54 Å². The Hall–Kier alpha value is -1.61. The quantitative estimate of drug-likeness (QED) is 0.831. The number of rotatable bonds is 1. The number of nitrogens with one attached hydrogen (secondary N) is 1. The minimum absolute atomic E-state index is 0.879. The zero-order valence-electron chi connectivity index (χ0n) is 11.2. The molecule has 18 heavy (non-hydrogen) atoms. The van der Waals surface area contributed by atoms with Crippen LogP contribution in [0.4, 0.5) is 0 Å². The third-order valence-electron chi connectivity index (χ3n) is 3.79. The van der Waals surface area contributed by atoms with Crippen LogP contribution in [0.25, 0.3) is 11.3 Å². The summed E-state index contributed by atoms with van der Waals surface area (Å²) >= 11 is 0. The molecule has 3 rings (SSSR count). The normalized spacial score (nSPS) is 14.6. The number of hydrogen-bond acceptors (Lipinski definition) is 2. The lowest BCUT2D eigenvalue weighted by atomic mass is 9.99. The lowest BCUT2D eigenvalue weighted by Gasteiger charge is -2.13. The van der Waals surface area contributed by atoms with E-state index in [2.05, 4.69) is 49.0 Å². The Balaban J connectivity index is 2.09. The average Bonchev–Trinajstić information content (AvgIpc) is 2.77. The Morgan fingerprint density at radius 2 is 1.89 bits per heavy atom. The fourth-order valence-electron chi connectivity index (χ4n) is 2.55. The van der Waals surface area contributed by atoms with Gasteiger partial charge in [0.2, 0.25) is 0 Å². The zero-order chi connectivity index (χ0) is 12.7. The smallest absolute Gasteiger partial charge is 0.123 e. The Morgan fingerprint density at radius 1 is 1.11 bits per heavy atom. The topological polar surface area (TPSA) is 29.9 Å². The van der Waals surface area contributed by atoms with Crippen molar-refractivity contribution in [1.29, 1.82) is 0 Å². The molecule has 0 unspecified atom stereocenters. The maximum Gasteiger partial charge on any atom is 0.123 e. The summed E-state index contributed by atoms with van der Waals surface area (Å²) in [5, 5.41) is 3.36. The molecule has 0 radical (unpaired) electrons. The van der Waals surface area contributed by atoms with E-state index >= 15 is 0 Å². The molecule has 94 valence electrons. The number of benzene rings is 1. The number of imidazole rings is 1. The number of nitrogens with zero attached hydrogens (tertiary/aromatic N) is 2. The number of fused-ring (bicyclic) bond motifs is 1. The Labute approximate surface area is 108 Å². The number of aryl methyl sites for hydroxylation is 3. The van der Waals surface area contributed by atoms with Crippen LogP contribution in [0.5, 0.6) is 0 Å². The number of aromatic nitrogens is 2. The van der Waals surface area contributed by atoms with Crippen LogP contribution in [-0.2, 0) is 13.1 Å². The van der Waals surface area contributed by atoms with Crippen LogP contribution in [0.3, 0.4) is 0 Å². The maximum absolute atomic E-state index is 4.75. The summed E-state index contributed by atoms with van der Waals surface area (Å²) in [5.41, 5.74) is 6.36. The van der Waals surface area contributed by atoms with E-state index in [9.17, 15) is 0 Å². The predicted molar refractivity (Wildman–Crippen MR) is 73.6 cm³/mol. The molecule has 0 aliphatic carbocycles. The van der Waals surface area contributed by atoms with E-state index in [0.717, 1.165) is 31.2 Å². The molecule has 2 aromatic rings. The molecule has 1 aliphatic heterocycles. The lowest BCUT2D eigenvalue weighted by Crippen LogP contribution is -2.27. The summed E-state index contributed by atoms with van der Waals surface area (Å²) < 4.78 is 2.26. The van der Waals surface area contributed by atoms with Crippen molar-refractivity contribution in [3.63, 3.8) is 0 Å². The van der Waals surface area contributed by atoms with Crippen molar-refractivity contribution in [1.82, 2.24) is 14.9 Å². The van der Waals surface area contributed by atoms with Gasteiger partial charge >= 0.3 is 0 Å². The summed E-state index contributed by atoms with van der Waals surface area (Å²) in [6.07, 6.45) is 2.19. The van der Waals surface area contributed by atoms with Crippen molar-refractivity contribution in [2.24, 2.45) is 0 Å². The molecular formula is C15H19N3. The third kappa shape index (κ3) is 1.85. The molecule has 3 nitrogen and oxygen atoms in total. The summed E-state index contributed by atoms with van der Waals surface area (Å²) in [6, 6.07) is 4.51. The molecule has 0 amide bonds. The summed E-state index contributed by atoms with van der Waals surface area (Å²) in [7, 11) is 0. The molecule has 0 spiro atoms. The van der Waals surface area contributed by atoms with Gasteiger partial charge in [-0.1, -0.05) is 6.07 Å². The van der Waals surface area contributed by atoms with Gasteiger partial charge in [-0.3, -0.25) is 0 Å². The number of hydrogen-bond donors (Lipinski definition) is 1. The summed E-state index contributed by atoms with van der Waals surface area (Å²) in [4.78, 5) is 4.75. The van der Waals surface area contributed by atoms with Crippen molar-refractivity contribution in [2.45, 2.75) is 33.9 Å². The molecular weight excluding hydrogens is 222 g/mol. The highest BCUT2D eigenvalue weighted by molar-refractivity contribution is 5.65. The highest BCUT2D eigenvalue weighted by atomic mass is 15.1. The van der Waals surface area contributed by atoms with Crippen molar-refractivity contribution < 1.29 is 0 Å². The summed E-state index contributed by atoms with van der Waals surface area (Å²) in [5.74, 6) is 1.15. The van der Waals surface area contributed by atoms with Gasteiger partial charge in [0, 0.05) is 24.8 Å². The van der Waals surface area contributed by atoms with Crippen LogP contribution < -0.4 is 5.32 Å². The first kappa shape index (κ1) is 11.5. The summed E-state index contributed by atoms with van der Waals surface area (Å²) in [6.45, 7) is 9.42. The first-order valence-electron chi connectivity index (χ1n) is 6.50. The van der Waals surface area contributed by atoms with Crippen molar-refractivity contribution >= 4 is 0 Å². The molecule has 2 heterocycles. The molecule has 0 saturated heterocycles. The minimum atomic E-state index is 0.879. The SMILES string of the molecule is Cc1cc(C)c(-c2cn3c(n2)CNCC3)cc1C. The fourth-order valence-corrected chi connectivity index (χ4v) is 2.55. The monoisotopic (exact) mass is 241 g/mol. The van der Waals surface area contributed by atoms with Crippen LogP contribution in [0, 0.1) is 20.8 Å². The van der Waals surface area contributed by atoms with Crippen LogP contribution >= 0.6 is 0 Å². The molecule has 0 atom stereocenters. The van der Waals surface area contributed by atoms with Crippen molar-refractivity contribution in [3.8, 4) is 11.3 Å². The molecule has 0 fully saturated rings. The van der Waals surface area contributed by atoms with Crippen molar-refractivity contribution in [3.05, 3.63) is 40.8 Å². The van der Waals surface area contributed by atoms with E-state index in [4.69, 9.17) is 4.98 Å². The Morgan fingerprint density at radius 3 is 2.67 bits per heavy atom. The largest absolute Gasteiger partial charge is 0.332 e. The van der Waals surface area contributed by atoms with Gasteiger partial charge in [0.15, 0.2) is 0 Å². The van der Waals surface area contributed by atoms with Gasteiger partial charge < -0.3 is 9.88 Å². The molecule has 0 bridgehead atoms. The Kier molecular flexibility index (Phi) is 2.71. The highest BCUT2D eigenvalue weighted by Crippen LogP contribution is 2.26. The van der Waals surface area contributed by atoms with Crippen LogP contribution in [0.2, 0.25) is 0 Å². The molecule has 1 N–H and O–H groups in total. The molecule has 1 aliphatic rings. The van der Waals surface area contributed by atoms with Crippen LogP contribution in [-0.4, -0.2) is 16.1 Å². The Bertz CT molecular complexity index is 573. The van der Waals surface area contributed by atoms with E-state index in [0.29, 0.717) is 0 Å². The van der Waals surface area contributed by atoms with Gasteiger partial charge in [-0.15, -0.1) is 0 Å². The van der Waals surface area contributed by atoms with Gasteiger partial charge in [0.25, 0.3) is 0 Å². The maximum atomic E-state index is 4.75. The van der Waals surface area contributed by atoms with E-state index in [-0.39, 0.29) is 0 Å². The second kappa shape index (κ2) is 4.25. The van der Waals surface area contributed by atoms with Gasteiger partial charge in [0.1, 0.15) is 5.82 Å². The van der Waals surface area contributed by atoms with Crippen LogP contribution in [0.1, 0.15) is 22.5 Å². The molecule has 0 saturated carbocycles. The van der Waals surface area contributed by atoms with E-state index in [1.807, 2.05) is 0 Å². The second-order valence-electron chi connectivity index (χ2n) is 5.16.